The van der Waals surface area contributed by atoms with Crippen LogP contribution in [0.4, 0.5) is 0 Å². The number of ether oxygens (including phenoxy) is 2. The van der Waals surface area contributed by atoms with Gasteiger partial charge in [-0.3, -0.25) is 0 Å². The third-order valence-electron chi connectivity index (χ3n) is 5.15. The van der Waals surface area contributed by atoms with Crippen LogP contribution in [0.25, 0.3) is 11.1 Å². The van der Waals surface area contributed by atoms with Gasteiger partial charge in [0.15, 0.2) is 0 Å². The van der Waals surface area contributed by atoms with E-state index in [1.54, 1.807) is 12.1 Å². The molecule has 3 rings (SSSR count). The summed E-state index contributed by atoms with van der Waals surface area (Å²) >= 11 is 6.07. The maximum absolute atomic E-state index is 11.3. The summed E-state index contributed by atoms with van der Waals surface area (Å²) in [5, 5.41) is 18.8. The minimum Gasteiger partial charge on any atom is -0.489 e. The van der Waals surface area contributed by atoms with Crippen LogP contribution in [0.2, 0.25) is 5.02 Å². The molecule has 0 unspecified atom stereocenters. The highest BCUT2D eigenvalue weighted by Crippen LogP contribution is 2.30. The van der Waals surface area contributed by atoms with Gasteiger partial charge in [0, 0.05) is 34.1 Å². The highest BCUT2D eigenvalue weighted by Gasteiger charge is 2.16. The average molecular weight is 504 g/mol. The minimum absolute atomic E-state index is 0.0810. The van der Waals surface area contributed by atoms with Crippen LogP contribution in [-0.4, -0.2) is 49.2 Å². The van der Waals surface area contributed by atoms with Crippen LogP contribution in [0.15, 0.2) is 48.5 Å². The molecule has 0 atom stereocenters. The molecule has 0 aliphatic heterocycles. The van der Waals surface area contributed by atoms with Crippen LogP contribution in [0.5, 0.6) is 11.6 Å². The van der Waals surface area contributed by atoms with E-state index in [-0.39, 0.29) is 22.8 Å². The van der Waals surface area contributed by atoms with Gasteiger partial charge in [0.05, 0.1) is 12.4 Å². The van der Waals surface area contributed by atoms with Gasteiger partial charge in [0.2, 0.25) is 5.88 Å². The molecule has 2 N–H and O–H groups in total. The Morgan fingerprint density at radius 3 is 2.47 bits per heavy atom. The maximum Gasteiger partial charge on any atom is 0.489 e. The molecule has 0 aliphatic carbocycles. The van der Waals surface area contributed by atoms with Crippen molar-refractivity contribution in [3.8, 4) is 22.8 Å². The molecule has 180 valence electrons. The van der Waals surface area contributed by atoms with Gasteiger partial charge in [-0.05, 0) is 55.2 Å². The number of hydrogen-bond acceptors (Lipinski definition) is 7. The lowest BCUT2D eigenvalue weighted by atomic mass is 9.80. The average Bonchev–Trinajstić information content (AvgIpc) is 2.74. The van der Waals surface area contributed by atoms with E-state index in [1.807, 2.05) is 44.2 Å². The van der Waals surface area contributed by atoms with E-state index in [1.165, 1.54) is 12.3 Å². The summed E-state index contributed by atoms with van der Waals surface area (Å²) in [5.41, 5.74) is 4.95. The second-order valence-electron chi connectivity index (χ2n) is 8.12. The molecule has 0 amide bonds. The van der Waals surface area contributed by atoms with Crippen molar-refractivity contribution in [1.82, 2.24) is 4.98 Å². The topological polar surface area (TPSA) is 106 Å². The molecule has 1 heterocycles. The highest BCUT2D eigenvalue weighted by atomic mass is 35.5. The molecule has 0 aliphatic rings. The monoisotopic (exact) mass is 503 g/mol. The van der Waals surface area contributed by atoms with E-state index < -0.39 is 17.0 Å². The molecule has 10 heteroatoms. The second-order valence-corrected chi connectivity index (χ2v) is 10.8. The van der Waals surface area contributed by atoms with Gasteiger partial charge in [-0.1, -0.05) is 35.9 Å². The summed E-state index contributed by atoms with van der Waals surface area (Å²) in [6, 6.07) is 14.5. The molecular weight excluding hydrogens is 477 g/mol. The Balaban J connectivity index is 1.70. The zero-order chi connectivity index (χ0) is 24.9. The fraction of sp³-hybridized carbons (Fsp3) is 0.292. The first kappa shape index (κ1) is 26.0. The summed E-state index contributed by atoms with van der Waals surface area (Å²) in [4.78, 5) is 4.54. The van der Waals surface area contributed by atoms with Crippen LogP contribution < -0.4 is 14.9 Å². The van der Waals surface area contributed by atoms with Crippen molar-refractivity contribution < 1.29 is 27.9 Å². The largest absolute Gasteiger partial charge is 0.489 e. The quantitative estimate of drug-likeness (QED) is 0.323. The lowest BCUT2D eigenvalue weighted by Crippen LogP contribution is -2.30. The first-order valence-electron chi connectivity index (χ1n) is 10.7. The molecule has 7 nitrogen and oxygen atoms in total. The SMILES string of the molecule is Cc1cc(OCCCS(C)(=O)=O)nc(C)c1-c1cccc(COc2ccc(B(O)O)c(Cl)c2)c1. The lowest BCUT2D eigenvalue weighted by molar-refractivity contribution is 0.305. The molecule has 2 aromatic carbocycles. The number of hydrogen-bond donors (Lipinski definition) is 2. The predicted molar refractivity (Wildman–Crippen MR) is 135 cm³/mol. The standard InChI is InChI=1S/C24H27BClNO6S/c1-16-12-23(32-10-5-11-34(3,30)31)27-17(2)24(16)19-7-4-6-18(13-19)15-33-20-8-9-21(25(28)29)22(26)14-20/h4,6-9,12-14,28-29H,5,10-11,15H2,1-3H3. The Morgan fingerprint density at radius 2 is 1.82 bits per heavy atom. The summed E-state index contributed by atoms with van der Waals surface area (Å²) in [6.45, 7) is 4.48. The Kier molecular flexibility index (Phi) is 8.59. The Labute approximate surface area is 205 Å². The van der Waals surface area contributed by atoms with Crippen molar-refractivity contribution in [3.63, 3.8) is 0 Å². The number of sulfone groups is 1. The van der Waals surface area contributed by atoms with Gasteiger partial charge in [0.1, 0.15) is 22.2 Å². The normalized spacial score (nSPS) is 11.4. The van der Waals surface area contributed by atoms with Gasteiger partial charge in [-0.25, -0.2) is 13.4 Å². The highest BCUT2D eigenvalue weighted by molar-refractivity contribution is 7.90. The Hall–Kier alpha value is -2.59. The molecule has 1 aromatic heterocycles. The first-order valence-corrected chi connectivity index (χ1v) is 13.1. The number of pyridine rings is 1. The molecule has 0 saturated heterocycles. The number of benzene rings is 2. The Morgan fingerprint density at radius 1 is 1.06 bits per heavy atom. The molecule has 3 aromatic rings. The van der Waals surface area contributed by atoms with E-state index >= 15 is 0 Å². The van der Waals surface area contributed by atoms with Crippen LogP contribution in [-0.2, 0) is 16.4 Å². The minimum atomic E-state index is -3.01. The van der Waals surface area contributed by atoms with Crippen molar-refractivity contribution >= 4 is 34.0 Å². The third kappa shape index (κ3) is 7.20. The van der Waals surface area contributed by atoms with E-state index in [2.05, 4.69) is 4.98 Å². The zero-order valence-electron chi connectivity index (χ0n) is 19.3. The van der Waals surface area contributed by atoms with E-state index in [0.717, 1.165) is 27.9 Å². The fourth-order valence-electron chi connectivity index (χ4n) is 3.59. The van der Waals surface area contributed by atoms with Gasteiger partial charge >= 0.3 is 7.12 Å². The van der Waals surface area contributed by atoms with E-state index in [0.29, 0.717) is 24.7 Å². The molecule has 0 spiro atoms. The summed E-state index contributed by atoms with van der Waals surface area (Å²) < 4.78 is 34.0. The van der Waals surface area contributed by atoms with Crippen molar-refractivity contribution in [3.05, 3.63) is 70.4 Å². The van der Waals surface area contributed by atoms with Crippen molar-refractivity contribution in [2.24, 2.45) is 0 Å². The number of aryl methyl sites for hydroxylation is 2. The van der Waals surface area contributed by atoms with Gasteiger partial charge in [-0.15, -0.1) is 0 Å². The molecular formula is C24H27BClNO6S. The first-order chi connectivity index (χ1) is 16.0. The van der Waals surface area contributed by atoms with Gasteiger partial charge in [-0.2, -0.15) is 0 Å². The second kappa shape index (κ2) is 11.2. The maximum atomic E-state index is 11.3. The number of rotatable bonds is 10. The number of halogens is 1. The van der Waals surface area contributed by atoms with Crippen LogP contribution in [0.3, 0.4) is 0 Å². The van der Waals surface area contributed by atoms with Crippen molar-refractivity contribution in [2.45, 2.75) is 26.9 Å². The molecule has 0 fully saturated rings. The van der Waals surface area contributed by atoms with Crippen molar-refractivity contribution in [2.75, 3.05) is 18.6 Å². The lowest BCUT2D eigenvalue weighted by Gasteiger charge is -2.14. The molecule has 34 heavy (non-hydrogen) atoms. The summed E-state index contributed by atoms with van der Waals surface area (Å²) in [7, 11) is -4.65. The van der Waals surface area contributed by atoms with E-state index in [9.17, 15) is 18.5 Å². The van der Waals surface area contributed by atoms with Crippen molar-refractivity contribution in [1.29, 1.82) is 0 Å². The molecule has 0 bridgehead atoms. The number of nitrogens with zero attached hydrogens (tertiary/aromatic N) is 1. The number of aromatic nitrogens is 1. The molecule has 0 radical (unpaired) electrons. The van der Waals surface area contributed by atoms with Gasteiger partial charge < -0.3 is 19.5 Å². The Bertz CT molecular complexity index is 1240. The van der Waals surface area contributed by atoms with Crippen LogP contribution >= 0.6 is 11.6 Å². The van der Waals surface area contributed by atoms with Crippen LogP contribution in [0, 0.1) is 13.8 Å². The van der Waals surface area contributed by atoms with E-state index in [4.69, 9.17) is 21.1 Å². The summed E-state index contributed by atoms with van der Waals surface area (Å²) in [6.07, 6.45) is 1.62. The fourth-order valence-corrected chi connectivity index (χ4v) is 4.51. The third-order valence-corrected chi connectivity index (χ3v) is 6.51. The predicted octanol–water partition coefficient (Wildman–Crippen LogP) is 3.09. The van der Waals surface area contributed by atoms with Crippen LogP contribution in [0.1, 0.15) is 23.2 Å². The zero-order valence-corrected chi connectivity index (χ0v) is 20.9. The summed E-state index contributed by atoms with van der Waals surface area (Å²) in [5.74, 6) is 1.07. The molecule has 0 saturated carbocycles. The van der Waals surface area contributed by atoms with Gasteiger partial charge in [0.25, 0.3) is 0 Å². The smallest absolute Gasteiger partial charge is 0.489 e.